The lowest BCUT2D eigenvalue weighted by Gasteiger charge is -2.21. The normalized spacial score (nSPS) is 14.5. The fourth-order valence-corrected chi connectivity index (χ4v) is 13.2. The number of hydrogen-bond acceptors (Lipinski definition) is 14. The average Bonchev–Trinajstić information content (AvgIpc) is 1.00. The molecule has 0 aliphatic carbocycles. The maximum Gasteiger partial charge on any atom is 0.472 e. The van der Waals surface area contributed by atoms with Crippen molar-refractivity contribution in [3.63, 3.8) is 0 Å². The summed E-state index contributed by atoms with van der Waals surface area (Å²) < 4.78 is 61.2. The molecule has 0 aromatic heterocycles. The molecule has 105 heavy (non-hydrogen) atoms. The number of aliphatic hydroxyl groups excluding tert-OH is 2. The van der Waals surface area contributed by atoms with Gasteiger partial charge >= 0.3 is 33.6 Å². The third-order valence-electron chi connectivity index (χ3n) is 18.0. The molecule has 0 amide bonds. The lowest BCUT2D eigenvalue weighted by molar-refractivity contribution is -0.161. The van der Waals surface area contributed by atoms with Gasteiger partial charge in [0.1, 0.15) is 25.4 Å². The predicted octanol–water partition coefficient (Wildman–Crippen LogP) is 25.1. The van der Waals surface area contributed by atoms with E-state index in [9.17, 15) is 43.5 Å². The molecule has 0 saturated carbocycles. The third-order valence-corrected chi connectivity index (χ3v) is 19.9. The van der Waals surface area contributed by atoms with E-state index in [2.05, 4.69) is 130 Å². The first-order valence-electron chi connectivity index (χ1n) is 42.2. The number of carbonyl (C=O) groups excluding carboxylic acids is 3. The van der Waals surface area contributed by atoms with Crippen molar-refractivity contribution in [2.75, 3.05) is 39.6 Å². The Labute approximate surface area is 640 Å². The molecule has 5 atom stereocenters. The molecule has 0 saturated heterocycles. The topological polar surface area (TPSA) is 231 Å². The Bertz CT molecular complexity index is 2340. The molecular formula is C87H154O16P2. The van der Waals surface area contributed by atoms with Gasteiger partial charge < -0.3 is 34.2 Å². The molecule has 0 spiro atoms. The molecule has 0 aromatic carbocycles. The molecule has 0 aromatic rings. The van der Waals surface area contributed by atoms with Gasteiger partial charge in [0, 0.05) is 19.3 Å². The van der Waals surface area contributed by atoms with E-state index in [4.69, 9.17) is 32.3 Å². The van der Waals surface area contributed by atoms with Crippen molar-refractivity contribution in [2.45, 2.75) is 386 Å². The van der Waals surface area contributed by atoms with Gasteiger partial charge in [-0.25, -0.2) is 9.13 Å². The highest BCUT2D eigenvalue weighted by atomic mass is 31.2. The molecule has 0 fully saturated rings. The largest absolute Gasteiger partial charge is 0.472 e. The number of esters is 3. The zero-order chi connectivity index (χ0) is 76.6. The molecule has 0 aliphatic heterocycles. The monoisotopic (exact) mass is 1520 g/mol. The maximum absolute atomic E-state index is 13.0. The summed E-state index contributed by atoms with van der Waals surface area (Å²) in [7, 11) is -9.78. The zero-order valence-electron chi connectivity index (χ0n) is 66.6. The second kappa shape index (κ2) is 79.8. The number of phosphoric ester groups is 2. The summed E-state index contributed by atoms with van der Waals surface area (Å²) in [5.41, 5.74) is 0. The number of carbonyl (C=O) groups is 3. The van der Waals surface area contributed by atoms with Crippen LogP contribution in [-0.4, -0.2) is 95.9 Å². The Morgan fingerprint density at radius 2 is 0.505 bits per heavy atom. The molecule has 0 rings (SSSR count). The SMILES string of the molecule is CC/C=C\C/C=C\C/C=C\C/C=C\C/C=C\CCCCCCCCCCCCCCCCCCCC(=O)OCC(O)COP(=O)(O)OCC(O)COP(=O)(O)OCC(COC(=O)CCCCCCCCC/C=C\C/C=C\C/C=C\C/C=C\CCCCC)OC(=O)CCCCCCCCCCCCCCC. The molecule has 0 aliphatic rings. The number of allylic oxidation sites excluding steroid dienone is 18. The summed E-state index contributed by atoms with van der Waals surface area (Å²) >= 11 is 0. The van der Waals surface area contributed by atoms with E-state index in [1.807, 2.05) is 0 Å². The summed E-state index contributed by atoms with van der Waals surface area (Å²) in [6.07, 6.45) is 94.3. The van der Waals surface area contributed by atoms with E-state index in [0.29, 0.717) is 19.3 Å². The molecule has 0 heterocycles. The van der Waals surface area contributed by atoms with Crippen LogP contribution in [0, 0.1) is 0 Å². The van der Waals surface area contributed by atoms with E-state index in [-0.39, 0.29) is 19.3 Å². The second-order valence-electron chi connectivity index (χ2n) is 28.3. The van der Waals surface area contributed by atoms with Gasteiger partial charge in [0.05, 0.1) is 26.4 Å². The first kappa shape index (κ1) is 101. The minimum Gasteiger partial charge on any atom is -0.463 e. The number of ether oxygens (including phenoxy) is 3. The van der Waals surface area contributed by atoms with Crippen LogP contribution in [0.25, 0.3) is 0 Å². The standard InChI is InChI=1S/C87H154O16P2/c1-4-7-10-13-16-19-22-25-27-29-31-33-35-36-37-38-39-40-41-42-43-44-46-48-49-51-53-56-58-61-64-67-70-73-85(90)97-76-82(88)77-99-104(93,94)100-78-83(89)79-101-105(95,96)102-81-84(103-87(92)75-72-69-66-63-60-55-24-21-18-15-12-9-6-3)80-98-86(91)74-71-68-65-62-59-57-54-52-50-47-45-34-32-30-28-26-23-20-17-14-11-8-5-2/h7,10,16-17,19-20,25-28,31-34,36-37,47,50,82-84,88-89H,4-6,8-9,11-15,18,21-24,29-30,35,38-46,48-49,51-81H2,1-3H3,(H,93,94)(H,95,96)/b10-7-,19-16-,20-17-,27-25-,28-26-,33-31-,34-32-,37-36-,50-47-. The minimum atomic E-state index is -4.93. The minimum absolute atomic E-state index is 0.106. The van der Waals surface area contributed by atoms with Crippen LogP contribution in [0.2, 0.25) is 0 Å². The van der Waals surface area contributed by atoms with Crippen LogP contribution in [0.4, 0.5) is 0 Å². The number of aliphatic hydroxyl groups is 2. The van der Waals surface area contributed by atoms with E-state index in [1.165, 1.54) is 167 Å². The van der Waals surface area contributed by atoms with Crippen molar-refractivity contribution in [1.82, 2.24) is 0 Å². The smallest absolute Gasteiger partial charge is 0.463 e. The van der Waals surface area contributed by atoms with Crippen LogP contribution in [0.3, 0.4) is 0 Å². The fourth-order valence-electron chi connectivity index (χ4n) is 11.6. The molecule has 0 radical (unpaired) electrons. The van der Waals surface area contributed by atoms with Gasteiger partial charge in [-0.15, -0.1) is 0 Å². The van der Waals surface area contributed by atoms with Gasteiger partial charge in [0.2, 0.25) is 0 Å². The van der Waals surface area contributed by atoms with Crippen LogP contribution in [0.15, 0.2) is 109 Å². The van der Waals surface area contributed by atoms with Crippen LogP contribution >= 0.6 is 15.6 Å². The summed E-state index contributed by atoms with van der Waals surface area (Å²) in [6.45, 7) is 2.58. The van der Waals surface area contributed by atoms with Gasteiger partial charge in [0.25, 0.3) is 0 Å². The van der Waals surface area contributed by atoms with Gasteiger partial charge in [-0.3, -0.25) is 32.5 Å². The van der Waals surface area contributed by atoms with E-state index in [1.54, 1.807) is 0 Å². The van der Waals surface area contributed by atoms with Crippen LogP contribution in [0.1, 0.15) is 367 Å². The Morgan fingerprint density at radius 1 is 0.276 bits per heavy atom. The molecular weight excluding hydrogens is 1360 g/mol. The van der Waals surface area contributed by atoms with Gasteiger partial charge in [-0.1, -0.05) is 348 Å². The van der Waals surface area contributed by atoms with Crippen molar-refractivity contribution in [3.8, 4) is 0 Å². The highest BCUT2D eigenvalue weighted by molar-refractivity contribution is 7.47. The second-order valence-corrected chi connectivity index (χ2v) is 31.2. The molecule has 18 heteroatoms. The zero-order valence-corrected chi connectivity index (χ0v) is 68.4. The third kappa shape index (κ3) is 81.0. The summed E-state index contributed by atoms with van der Waals surface area (Å²) in [5.74, 6) is -1.57. The van der Waals surface area contributed by atoms with E-state index in [0.717, 1.165) is 141 Å². The van der Waals surface area contributed by atoms with Crippen molar-refractivity contribution in [1.29, 1.82) is 0 Å². The highest BCUT2D eigenvalue weighted by Crippen LogP contribution is 2.45. The van der Waals surface area contributed by atoms with Crippen LogP contribution in [0.5, 0.6) is 0 Å². The van der Waals surface area contributed by atoms with Crippen molar-refractivity contribution < 1.29 is 75.8 Å². The maximum atomic E-state index is 13.0. The van der Waals surface area contributed by atoms with Crippen molar-refractivity contribution in [3.05, 3.63) is 109 Å². The highest BCUT2D eigenvalue weighted by Gasteiger charge is 2.29. The number of hydrogen-bond donors (Lipinski definition) is 4. The molecule has 608 valence electrons. The van der Waals surface area contributed by atoms with Crippen LogP contribution < -0.4 is 0 Å². The molecule has 4 N–H and O–H groups in total. The Balaban J connectivity index is 4.41. The Morgan fingerprint density at radius 3 is 0.819 bits per heavy atom. The number of unbranched alkanes of at least 4 members (excludes halogenated alkanes) is 39. The predicted molar refractivity (Wildman–Crippen MR) is 436 cm³/mol. The summed E-state index contributed by atoms with van der Waals surface area (Å²) in [6, 6.07) is 0. The van der Waals surface area contributed by atoms with Gasteiger partial charge in [-0.2, -0.15) is 0 Å². The lowest BCUT2D eigenvalue weighted by atomic mass is 10.0. The average molecular weight is 1520 g/mol. The van der Waals surface area contributed by atoms with Crippen molar-refractivity contribution >= 4 is 33.6 Å². The van der Waals surface area contributed by atoms with Crippen molar-refractivity contribution in [2.24, 2.45) is 0 Å². The number of phosphoric acid groups is 2. The fraction of sp³-hybridized carbons (Fsp3) is 0.759. The van der Waals surface area contributed by atoms with Gasteiger partial charge in [-0.05, 0) is 109 Å². The Kier molecular flexibility index (Phi) is 76.9. The van der Waals surface area contributed by atoms with Crippen LogP contribution in [-0.2, 0) is 55.8 Å². The molecule has 0 bridgehead atoms. The molecule has 5 unspecified atom stereocenters. The quantitative estimate of drug-likeness (QED) is 0.0146. The number of rotatable bonds is 80. The lowest BCUT2D eigenvalue weighted by Crippen LogP contribution is -2.30. The van der Waals surface area contributed by atoms with Gasteiger partial charge in [0.15, 0.2) is 6.10 Å². The summed E-state index contributed by atoms with van der Waals surface area (Å²) in [5, 5.41) is 20.7. The summed E-state index contributed by atoms with van der Waals surface area (Å²) in [4.78, 5) is 58.7. The first-order valence-corrected chi connectivity index (χ1v) is 45.2. The molecule has 16 nitrogen and oxygen atoms in total. The van der Waals surface area contributed by atoms with E-state index >= 15 is 0 Å². The Hall–Kier alpha value is -3.79. The first-order chi connectivity index (χ1) is 51.2. The van der Waals surface area contributed by atoms with E-state index < -0.39 is 91.5 Å².